The van der Waals surface area contributed by atoms with Gasteiger partial charge in [0.25, 0.3) is 0 Å². The Morgan fingerprint density at radius 3 is 2.53 bits per heavy atom. The molecule has 0 aliphatic carbocycles. The Kier molecular flexibility index (Phi) is 4.91. The Hall–Kier alpha value is -0.970. The Balaban J connectivity index is 2.18. The highest BCUT2D eigenvalue weighted by Gasteiger charge is 2.14. The number of carbonyl (C=O) groups is 1. The molecule has 2 nitrogen and oxygen atoms in total. The topological polar surface area (TPSA) is 37.3 Å². The van der Waals surface area contributed by atoms with Crippen molar-refractivity contribution in [1.29, 1.82) is 0 Å². The van der Waals surface area contributed by atoms with Crippen molar-refractivity contribution in [3.05, 3.63) is 63.1 Å². The second kappa shape index (κ2) is 6.46. The molecule has 0 spiro atoms. The summed E-state index contributed by atoms with van der Waals surface area (Å²) in [4.78, 5) is 12.0. The second-order valence-corrected chi connectivity index (χ2v) is 6.14. The number of rotatable bonds is 4. The van der Waals surface area contributed by atoms with Gasteiger partial charge in [-0.3, -0.25) is 0 Å². The van der Waals surface area contributed by atoms with Crippen LogP contribution in [0.15, 0.2) is 51.8 Å². The van der Waals surface area contributed by atoms with E-state index in [1.165, 1.54) is 11.8 Å². The molecule has 2 aromatic rings. The maximum Gasteiger partial charge on any atom is 0.337 e. The van der Waals surface area contributed by atoms with Crippen molar-refractivity contribution in [2.75, 3.05) is 0 Å². The zero-order valence-electron chi connectivity index (χ0n) is 9.77. The van der Waals surface area contributed by atoms with Gasteiger partial charge < -0.3 is 5.11 Å². The SMILES string of the molecule is O=C(O)c1c(Br)cccc1SCc1ccc(Cl)cc1. The molecule has 98 valence electrons. The van der Waals surface area contributed by atoms with Gasteiger partial charge in [-0.2, -0.15) is 0 Å². The molecule has 0 aromatic heterocycles. The Morgan fingerprint density at radius 2 is 1.89 bits per heavy atom. The minimum Gasteiger partial charge on any atom is -0.478 e. The molecule has 19 heavy (non-hydrogen) atoms. The van der Waals surface area contributed by atoms with Gasteiger partial charge in [-0.05, 0) is 45.8 Å². The van der Waals surface area contributed by atoms with Gasteiger partial charge in [0.15, 0.2) is 0 Å². The number of hydrogen-bond donors (Lipinski definition) is 1. The van der Waals surface area contributed by atoms with E-state index < -0.39 is 5.97 Å². The number of hydrogen-bond acceptors (Lipinski definition) is 2. The first-order valence-electron chi connectivity index (χ1n) is 5.47. The van der Waals surface area contributed by atoms with E-state index >= 15 is 0 Å². The minimum atomic E-state index is -0.925. The van der Waals surface area contributed by atoms with Crippen LogP contribution >= 0.6 is 39.3 Å². The number of halogens is 2. The van der Waals surface area contributed by atoms with Crippen LogP contribution in [0.3, 0.4) is 0 Å². The number of benzene rings is 2. The molecule has 5 heteroatoms. The van der Waals surface area contributed by atoms with Crippen LogP contribution in [0.5, 0.6) is 0 Å². The van der Waals surface area contributed by atoms with E-state index in [0.29, 0.717) is 20.8 Å². The summed E-state index contributed by atoms with van der Waals surface area (Å²) in [5.41, 5.74) is 1.41. The highest BCUT2D eigenvalue weighted by molar-refractivity contribution is 9.10. The monoisotopic (exact) mass is 356 g/mol. The average Bonchev–Trinajstić information content (AvgIpc) is 2.37. The largest absolute Gasteiger partial charge is 0.478 e. The normalized spacial score (nSPS) is 10.4. The van der Waals surface area contributed by atoms with E-state index in [1.807, 2.05) is 36.4 Å². The molecule has 0 saturated carbocycles. The number of thioether (sulfide) groups is 1. The van der Waals surface area contributed by atoms with Crippen molar-refractivity contribution in [3.8, 4) is 0 Å². The van der Waals surface area contributed by atoms with Crippen LogP contribution in [0.2, 0.25) is 5.02 Å². The molecule has 0 unspecified atom stereocenters. The quantitative estimate of drug-likeness (QED) is 0.774. The molecular weight excluding hydrogens is 348 g/mol. The summed E-state index contributed by atoms with van der Waals surface area (Å²) >= 11 is 10.6. The van der Waals surface area contributed by atoms with Crippen molar-refractivity contribution in [2.45, 2.75) is 10.6 Å². The Morgan fingerprint density at radius 1 is 1.21 bits per heavy atom. The molecule has 1 N–H and O–H groups in total. The smallest absolute Gasteiger partial charge is 0.337 e. The zero-order chi connectivity index (χ0) is 13.8. The summed E-state index contributed by atoms with van der Waals surface area (Å²) in [7, 11) is 0. The van der Waals surface area contributed by atoms with Crippen molar-refractivity contribution in [2.24, 2.45) is 0 Å². The molecule has 0 aliphatic heterocycles. The first kappa shape index (κ1) is 14.4. The van der Waals surface area contributed by atoms with Gasteiger partial charge in [-0.25, -0.2) is 4.79 Å². The van der Waals surface area contributed by atoms with E-state index in [-0.39, 0.29) is 0 Å². The van der Waals surface area contributed by atoms with E-state index in [4.69, 9.17) is 11.6 Å². The standard InChI is InChI=1S/C14H10BrClO2S/c15-11-2-1-3-12(13(11)14(17)18)19-8-9-4-6-10(16)7-5-9/h1-7H,8H2,(H,17,18). The molecule has 0 amide bonds. The maximum absolute atomic E-state index is 11.2. The molecule has 0 aliphatic rings. The van der Waals surface area contributed by atoms with E-state index in [1.54, 1.807) is 6.07 Å². The highest BCUT2D eigenvalue weighted by atomic mass is 79.9. The average molecular weight is 358 g/mol. The predicted octanol–water partition coefficient (Wildman–Crippen LogP) is 5.09. The van der Waals surface area contributed by atoms with Gasteiger partial charge >= 0.3 is 5.97 Å². The third kappa shape index (κ3) is 3.75. The number of carboxylic acid groups (broad SMARTS) is 1. The van der Waals surface area contributed by atoms with Gasteiger partial charge in [-0.15, -0.1) is 11.8 Å². The van der Waals surface area contributed by atoms with Gasteiger partial charge in [0, 0.05) is 20.1 Å². The van der Waals surface area contributed by atoms with Crippen molar-refractivity contribution in [3.63, 3.8) is 0 Å². The lowest BCUT2D eigenvalue weighted by molar-refractivity contribution is 0.0692. The molecular formula is C14H10BrClO2S. The third-order valence-electron chi connectivity index (χ3n) is 2.50. The van der Waals surface area contributed by atoms with Crippen LogP contribution in [0.25, 0.3) is 0 Å². The fourth-order valence-electron chi connectivity index (χ4n) is 1.57. The summed E-state index contributed by atoms with van der Waals surface area (Å²) in [6, 6.07) is 12.9. The predicted molar refractivity (Wildman–Crippen MR) is 82.1 cm³/mol. The summed E-state index contributed by atoms with van der Waals surface area (Å²) in [6.07, 6.45) is 0. The van der Waals surface area contributed by atoms with Crippen molar-refractivity contribution in [1.82, 2.24) is 0 Å². The van der Waals surface area contributed by atoms with Crippen LogP contribution in [-0.2, 0) is 5.75 Å². The summed E-state index contributed by atoms with van der Waals surface area (Å²) in [6.45, 7) is 0. The zero-order valence-corrected chi connectivity index (χ0v) is 12.9. The molecule has 0 saturated heterocycles. The first-order valence-corrected chi connectivity index (χ1v) is 7.62. The van der Waals surface area contributed by atoms with E-state index in [9.17, 15) is 9.90 Å². The molecule has 2 rings (SSSR count). The third-order valence-corrected chi connectivity index (χ3v) is 4.54. The maximum atomic E-state index is 11.2. The first-order chi connectivity index (χ1) is 9.08. The molecule has 0 fully saturated rings. The molecule has 0 bridgehead atoms. The van der Waals surface area contributed by atoms with Gasteiger partial charge in [0.05, 0.1) is 5.56 Å². The van der Waals surface area contributed by atoms with Gasteiger partial charge in [0.2, 0.25) is 0 Å². The molecule has 0 atom stereocenters. The van der Waals surface area contributed by atoms with Crippen LogP contribution in [0, 0.1) is 0 Å². The van der Waals surface area contributed by atoms with Crippen molar-refractivity contribution >= 4 is 45.3 Å². The van der Waals surface area contributed by atoms with Crippen LogP contribution in [-0.4, -0.2) is 11.1 Å². The van der Waals surface area contributed by atoms with E-state index in [0.717, 1.165) is 10.5 Å². The second-order valence-electron chi connectivity index (χ2n) is 3.83. The summed E-state index contributed by atoms with van der Waals surface area (Å²) in [5.74, 6) is -0.223. The minimum absolute atomic E-state index is 0.307. The van der Waals surface area contributed by atoms with Crippen molar-refractivity contribution < 1.29 is 9.90 Å². The number of aromatic carboxylic acids is 1. The van der Waals surface area contributed by atoms with Crippen LogP contribution in [0.4, 0.5) is 0 Å². The lowest BCUT2D eigenvalue weighted by atomic mass is 10.2. The molecule has 0 heterocycles. The summed E-state index contributed by atoms with van der Waals surface area (Å²) < 4.78 is 0.598. The fourth-order valence-corrected chi connectivity index (χ4v) is 3.40. The van der Waals surface area contributed by atoms with Gasteiger partial charge in [-0.1, -0.05) is 29.8 Å². The number of carboxylic acids is 1. The van der Waals surface area contributed by atoms with Crippen LogP contribution in [0.1, 0.15) is 15.9 Å². The van der Waals surface area contributed by atoms with Crippen LogP contribution < -0.4 is 0 Å². The Bertz CT molecular complexity index is 599. The molecule has 2 aromatic carbocycles. The highest BCUT2D eigenvalue weighted by Crippen LogP contribution is 2.31. The van der Waals surface area contributed by atoms with Gasteiger partial charge in [0.1, 0.15) is 0 Å². The lowest BCUT2D eigenvalue weighted by Gasteiger charge is -2.07. The van der Waals surface area contributed by atoms with E-state index in [2.05, 4.69) is 15.9 Å². The summed E-state index contributed by atoms with van der Waals surface area (Å²) in [5, 5.41) is 9.92. The molecule has 0 radical (unpaired) electrons. The Labute approximate surface area is 128 Å². The fraction of sp³-hybridized carbons (Fsp3) is 0.0714. The lowest BCUT2D eigenvalue weighted by Crippen LogP contribution is -2.00.